The van der Waals surface area contributed by atoms with Crippen molar-refractivity contribution in [1.29, 1.82) is 0 Å². The van der Waals surface area contributed by atoms with E-state index in [1.807, 2.05) is 18.2 Å². The standard InChI is InChI=1S/C16H22N2O3/c1-20-16(7-9-21-11-16)10-18-15(19)13-4-2-6-14-12(13)5-3-8-17-14/h2,4,6,17H,3,5,7-11H2,1H3,(H,18,19). The van der Waals surface area contributed by atoms with E-state index in [1.165, 1.54) is 0 Å². The van der Waals surface area contributed by atoms with Crippen molar-refractivity contribution < 1.29 is 14.3 Å². The number of rotatable bonds is 4. The summed E-state index contributed by atoms with van der Waals surface area (Å²) in [6, 6.07) is 5.86. The maximum Gasteiger partial charge on any atom is 0.251 e. The van der Waals surface area contributed by atoms with Gasteiger partial charge in [-0.2, -0.15) is 0 Å². The van der Waals surface area contributed by atoms with Crippen LogP contribution in [0.1, 0.15) is 28.8 Å². The summed E-state index contributed by atoms with van der Waals surface area (Å²) in [6.45, 7) is 2.69. The highest BCUT2D eigenvalue weighted by atomic mass is 16.5. The predicted molar refractivity (Wildman–Crippen MR) is 80.8 cm³/mol. The van der Waals surface area contributed by atoms with Crippen LogP contribution in [0.4, 0.5) is 5.69 Å². The smallest absolute Gasteiger partial charge is 0.251 e. The zero-order valence-corrected chi connectivity index (χ0v) is 12.4. The number of ether oxygens (including phenoxy) is 2. The van der Waals surface area contributed by atoms with Gasteiger partial charge in [0.15, 0.2) is 0 Å². The molecule has 5 nitrogen and oxygen atoms in total. The first-order chi connectivity index (χ1) is 10.2. The molecule has 0 spiro atoms. The Balaban J connectivity index is 1.71. The second-order valence-corrected chi connectivity index (χ2v) is 5.73. The lowest BCUT2D eigenvalue weighted by Gasteiger charge is -2.26. The first kappa shape index (κ1) is 14.4. The monoisotopic (exact) mass is 290 g/mol. The number of fused-ring (bicyclic) bond motifs is 1. The highest BCUT2D eigenvalue weighted by molar-refractivity contribution is 5.97. The Hall–Kier alpha value is -1.59. The molecule has 1 aromatic carbocycles. The largest absolute Gasteiger partial charge is 0.385 e. The molecule has 2 N–H and O–H groups in total. The molecule has 0 bridgehead atoms. The Morgan fingerprint density at radius 1 is 1.52 bits per heavy atom. The number of amides is 1. The number of methoxy groups -OCH3 is 1. The highest BCUT2D eigenvalue weighted by Gasteiger charge is 2.35. The van der Waals surface area contributed by atoms with Crippen molar-refractivity contribution in [2.45, 2.75) is 24.9 Å². The molecular formula is C16H22N2O3. The van der Waals surface area contributed by atoms with Crippen LogP contribution in [0, 0.1) is 0 Å². The second-order valence-electron chi connectivity index (χ2n) is 5.73. The molecule has 1 aromatic rings. The Morgan fingerprint density at radius 2 is 2.43 bits per heavy atom. The lowest BCUT2D eigenvalue weighted by atomic mass is 9.96. The molecule has 2 heterocycles. The summed E-state index contributed by atoms with van der Waals surface area (Å²) in [6.07, 6.45) is 2.83. The van der Waals surface area contributed by atoms with E-state index in [4.69, 9.17) is 9.47 Å². The van der Waals surface area contributed by atoms with Crippen LogP contribution in [0.15, 0.2) is 18.2 Å². The van der Waals surface area contributed by atoms with Gasteiger partial charge < -0.3 is 20.1 Å². The Morgan fingerprint density at radius 3 is 3.19 bits per heavy atom. The van der Waals surface area contributed by atoms with Gasteiger partial charge in [0.05, 0.1) is 6.61 Å². The molecule has 1 fully saturated rings. The molecule has 114 valence electrons. The van der Waals surface area contributed by atoms with Crippen LogP contribution >= 0.6 is 0 Å². The lowest BCUT2D eigenvalue weighted by Crippen LogP contribution is -2.45. The summed E-state index contributed by atoms with van der Waals surface area (Å²) in [5.41, 5.74) is 2.60. The molecule has 21 heavy (non-hydrogen) atoms. The molecule has 5 heteroatoms. The van der Waals surface area contributed by atoms with Crippen molar-refractivity contribution in [3.8, 4) is 0 Å². The molecule has 3 rings (SSSR count). The summed E-state index contributed by atoms with van der Waals surface area (Å²) in [4.78, 5) is 12.5. The number of nitrogens with one attached hydrogen (secondary N) is 2. The van der Waals surface area contributed by atoms with Crippen LogP contribution in [-0.2, 0) is 15.9 Å². The van der Waals surface area contributed by atoms with Crippen LogP contribution in [0.2, 0.25) is 0 Å². The van der Waals surface area contributed by atoms with Gasteiger partial charge in [0.25, 0.3) is 5.91 Å². The van der Waals surface area contributed by atoms with E-state index in [0.717, 1.165) is 42.6 Å². The van der Waals surface area contributed by atoms with E-state index >= 15 is 0 Å². The number of carbonyl (C=O) groups is 1. The number of carbonyl (C=O) groups excluding carboxylic acids is 1. The van der Waals surface area contributed by atoms with Gasteiger partial charge in [-0.1, -0.05) is 6.07 Å². The van der Waals surface area contributed by atoms with Crippen LogP contribution in [0.25, 0.3) is 0 Å². The summed E-state index contributed by atoms with van der Waals surface area (Å²) in [5, 5.41) is 6.36. The quantitative estimate of drug-likeness (QED) is 0.884. The first-order valence-electron chi connectivity index (χ1n) is 7.51. The molecule has 0 aromatic heterocycles. The number of hydrogen-bond acceptors (Lipinski definition) is 4. The van der Waals surface area contributed by atoms with Gasteiger partial charge in [0.2, 0.25) is 0 Å². The highest BCUT2D eigenvalue weighted by Crippen LogP contribution is 2.26. The van der Waals surface area contributed by atoms with E-state index in [-0.39, 0.29) is 11.5 Å². The van der Waals surface area contributed by atoms with E-state index in [0.29, 0.717) is 19.8 Å². The van der Waals surface area contributed by atoms with E-state index in [9.17, 15) is 4.79 Å². The van der Waals surface area contributed by atoms with Crippen LogP contribution in [-0.4, -0.2) is 44.9 Å². The third-order valence-corrected chi connectivity index (χ3v) is 4.41. The van der Waals surface area contributed by atoms with Gasteiger partial charge in [0, 0.05) is 44.5 Å². The molecule has 1 atom stereocenters. The first-order valence-corrected chi connectivity index (χ1v) is 7.51. The van der Waals surface area contributed by atoms with Crippen molar-refractivity contribution in [3.05, 3.63) is 29.3 Å². The van der Waals surface area contributed by atoms with Crippen molar-refractivity contribution >= 4 is 11.6 Å². The van der Waals surface area contributed by atoms with Gasteiger partial charge in [-0.05, 0) is 30.5 Å². The Labute approximate surface area is 125 Å². The fourth-order valence-corrected chi connectivity index (χ4v) is 3.02. The summed E-state index contributed by atoms with van der Waals surface area (Å²) in [7, 11) is 1.68. The van der Waals surface area contributed by atoms with Crippen molar-refractivity contribution in [3.63, 3.8) is 0 Å². The van der Waals surface area contributed by atoms with Gasteiger partial charge in [-0.3, -0.25) is 4.79 Å². The molecule has 1 saturated heterocycles. The maximum atomic E-state index is 12.5. The third kappa shape index (κ3) is 2.89. The minimum Gasteiger partial charge on any atom is -0.385 e. The zero-order chi connectivity index (χ0) is 14.7. The van der Waals surface area contributed by atoms with Crippen LogP contribution in [0.5, 0.6) is 0 Å². The lowest BCUT2D eigenvalue weighted by molar-refractivity contribution is -0.0148. The Bertz CT molecular complexity index is 524. The molecule has 1 amide bonds. The van der Waals surface area contributed by atoms with Gasteiger partial charge in [0.1, 0.15) is 5.60 Å². The van der Waals surface area contributed by atoms with Crippen molar-refractivity contribution in [1.82, 2.24) is 5.32 Å². The van der Waals surface area contributed by atoms with E-state index in [1.54, 1.807) is 7.11 Å². The maximum absolute atomic E-state index is 12.5. The fraction of sp³-hybridized carbons (Fsp3) is 0.562. The second kappa shape index (κ2) is 6.03. The summed E-state index contributed by atoms with van der Waals surface area (Å²) in [5.74, 6) is -0.0288. The molecular weight excluding hydrogens is 268 g/mol. The van der Waals surface area contributed by atoms with Crippen molar-refractivity contribution in [2.75, 3.05) is 38.7 Å². The third-order valence-electron chi connectivity index (χ3n) is 4.41. The molecule has 1 unspecified atom stereocenters. The fourth-order valence-electron chi connectivity index (χ4n) is 3.02. The number of hydrogen-bond donors (Lipinski definition) is 2. The van der Waals surface area contributed by atoms with Gasteiger partial charge in [-0.25, -0.2) is 0 Å². The van der Waals surface area contributed by atoms with E-state index in [2.05, 4.69) is 10.6 Å². The molecule has 0 aliphatic carbocycles. The average Bonchev–Trinajstić information content (AvgIpc) is 3.01. The Kier molecular flexibility index (Phi) is 4.12. The summed E-state index contributed by atoms with van der Waals surface area (Å²) < 4.78 is 10.9. The number of anilines is 1. The molecule has 0 saturated carbocycles. The molecule has 2 aliphatic rings. The topological polar surface area (TPSA) is 59.6 Å². The average molecular weight is 290 g/mol. The molecule has 0 radical (unpaired) electrons. The SMILES string of the molecule is COC1(CNC(=O)c2cccc3c2CCCN3)CCOC1. The van der Waals surface area contributed by atoms with E-state index < -0.39 is 0 Å². The minimum absolute atomic E-state index is 0.0288. The minimum atomic E-state index is -0.372. The van der Waals surface area contributed by atoms with Crippen LogP contribution < -0.4 is 10.6 Å². The summed E-state index contributed by atoms with van der Waals surface area (Å²) >= 11 is 0. The normalized spacial score (nSPS) is 24.2. The van der Waals surface area contributed by atoms with Gasteiger partial charge >= 0.3 is 0 Å². The molecule has 2 aliphatic heterocycles. The van der Waals surface area contributed by atoms with Crippen LogP contribution in [0.3, 0.4) is 0 Å². The number of benzene rings is 1. The van der Waals surface area contributed by atoms with Gasteiger partial charge in [-0.15, -0.1) is 0 Å². The predicted octanol–water partition coefficient (Wildman–Crippen LogP) is 1.58. The zero-order valence-electron chi connectivity index (χ0n) is 12.4. The van der Waals surface area contributed by atoms with Crippen molar-refractivity contribution in [2.24, 2.45) is 0 Å².